The fraction of sp³-hybridized carbons (Fsp3) is 0.100. The molecule has 0 fully saturated rings. The molecule has 0 bridgehead atoms. The molecule has 0 saturated heterocycles. The first kappa shape index (κ1) is 20.3. The molecule has 3 aromatic rings. The second-order valence-corrected chi connectivity index (χ2v) is 7.67. The molecular formula is C20H15Br2FN2O3. The zero-order valence-corrected chi connectivity index (χ0v) is 17.7. The number of hydrogen-bond donors (Lipinski definition) is 1. The first-order valence-electron chi connectivity index (χ1n) is 8.26. The summed E-state index contributed by atoms with van der Waals surface area (Å²) < 4.78 is 20.6. The predicted molar refractivity (Wildman–Crippen MR) is 113 cm³/mol. The van der Waals surface area contributed by atoms with E-state index in [0.29, 0.717) is 12.3 Å². The Kier molecular flexibility index (Phi) is 6.64. The van der Waals surface area contributed by atoms with Gasteiger partial charge in [-0.15, -0.1) is 0 Å². The van der Waals surface area contributed by atoms with Crippen LogP contribution >= 0.6 is 31.9 Å². The standard InChI is InChI=1S/C20H15Br2FN2O3/c21-18-9-14(11-24-16-4-6-17(7-5-16)25(26)27)10-19(22)20(18)28-12-13-2-1-3-15(23)8-13/h1-10,24H,11-12H2. The van der Waals surface area contributed by atoms with Crippen molar-refractivity contribution in [3.05, 3.63) is 96.7 Å². The number of nitro benzene ring substituents is 1. The number of nitrogens with one attached hydrogen (secondary N) is 1. The average molecular weight is 510 g/mol. The quantitative estimate of drug-likeness (QED) is 0.293. The van der Waals surface area contributed by atoms with E-state index in [9.17, 15) is 14.5 Å². The van der Waals surface area contributed by atoms with Gasteiger partial charge in [-0.25, -0.2) is 4.39 Å². The molecule has 0 heterocycles. The Morgan fingerprint density at radius 2 is 1.68 bits per heavy atom. The predicted octanol–water partition coefficient (Wildman–Crippen LogP) is 6.45. The van der Waals surface area contributed by atoms with E-state index >= 15 is 0 Å². The molecule has 0 saturated carbocycles. The third-order valence-corrected chi connectivity index (χ3v) is 5.08. The van der Waals surface area contributed by atoms with Crippen LogP contribution in [0.4, 0.5) is 15.8 Å². The summed E-state index contributed by atoms with van der Waals surface area (Å²) >= 11 is 7.01. The van der Waals surface area contributed by atoms with Gasteiger partial charge in [-0.2, -0.15) is 0 Å². The Bertz CT molecular complexity index is 974. The Hall–Kier alpha value is -2.45. The van der Waals surface area contributed by atoms with Crippen molar-refractivity contribution < 1.29 is 14.1 Å². The van der Waals surface area contributed by atoms with Crippen molar-refractivity contribution in [2.75, 3.05) is 5.32 Å². The third-order valence-electron chi connectivity index (χ3n) is 3.91. The Balaban J connectivity index is 1.65. The molecule has 0 aliphatic carbocycles. The lowest BCUT2D eigenvalue weighted by molar-refractivity contribution is -0.384. The lowest BCUT2D eigenvalue weighted by Crippen LogP contribution is -2.02. The molecule has 0 amide bonds. The van der Waals surface area contributed by atoms with E-state index in [-0.39, 0.29) is 18.1 Å². The van der Waals surface area contributed by atoms with Crippen molar-refractivity contribution >= 4 is 43.2 Å². The molecule has 0 aliphatic heterocycles. The molecule has 0 spiro atoms. The lowest BCUT2D eigenvalue weighted by Gasteiger charge is -2.13. The number of halogens is 3. The Morgan fingerprint density at radius 1 is 1.00 bits per heavy atom. The highest BCUT2D eigenvalue weighted by Crippen LogP contribution is 2.35. The molecule has 3 rings (SSSR count). The first-order valence-corrected chi connectivity index (χ1v) is 9.84. The molecule has 0 radical (unpaired) electrons. The van der Waals surface area contributed by atoms with Crippen LogP contribution in [0.25, 0.3) is 0 Å². The van der Waals surface area contributed by atoms with E-state index in [0.717, 1.165) is 25.8 Å². The van der Waals surface area contributed by atoms with Crippen LogP contribution in [0, 0.1) is 15.9 Å². The highest BCUT2D eigenvalue weighted by Gasteiger charge is 2.10. The SMILES string of the molecule is O=[N+]([O-])c1ccc(NCc2cc(Br)c(OCc3cccc(F)c3)c(Br)c2)cc1. The molecule has 144 valence electrons. The highest BCUT2D eigenvalue weighted by molar-refractivity contribution is 9.11. The van der Waals surface area contributed by atoms with Gasteiger partial charge in [0.15, 0.2) is 0 Å². The molecule has 0 unspecified atom stereocenters. The first-order chi connectivity index (χ1) is 13.4. The van der Waals surface area contributed by atoms with Gasteiger partial charge in [-0.1, -0.05) is 12.1 Å². The maximum absolute atomic E-state index is 13.3. The van der Waals surface area contributed by atoms with Gasteiger partial charge in [0, 0.05) is 24.4 Å². The van der Waals surface area contributed by atoms with Crippen LogP contribution in [0.5, 0.6) is 5.75 Å². The van der Waals surface area contributed by atoms with E-state index in [1.807, 2.05) is 12.1 Å². The second-order valence-electron chi connectivity index (χ2n) is 5.96. The highest BCUT2D eigenvalue weighted by atomic mass is 79.9. The van der Waals surface area contributed by atoms with Crippen molar-refractivity contribution in [3.8, 4) is 5.75 Å². The number of rotatable bonds is 7. The van der Waals surface area contributed by atoms with Crippen LogP contribution in [0.15, 0.2) is 69.6 Å². The number of nitro groups is 1. The summed E-state index contributed by atoms with van der Waals surface area (Å²) in [5.74, 6) is 0.329. The summed E-state index contributed by atoms with van der Waals surface area (Å²) in [5, 5.41) is 13.9. The summed E-state index contributed by atoms with van der Waals surface area (Å²) in [6.45, 7) is 0.772. The fourth-order valence-electron chi connectivity index (χ4n) is 2.54. The molecular weight excluding hydrogens is 495 g/mol. The van der Waals surface area contributed by atoms with Crippen LogP contribution in [0.1, 0.15) is 11.1 Å². The van der Waals surface area contributed by atoms with Gasteiger partial charge in [0.2, 0.25) is 0 Å². The molecule has 1 N–H and O–H groups in total. The van der Waals surface area contributed by atoms with Crippen molar-refractivity contribution in [2.24, 2.45) is 0 Å². The minimum Gasteiger partial charge on any atom is -0.487 e. The van der Waals surface area contributed by atoms with E-state index in [1.54, 1.807) is 24.3 Å². The van der Waals surface area contributed by atoms with Crippen LogP contribution in [-0.4, -0.2) is 4.92 Å². The minimum atomic E-state index is -0.430. The van der Waals surface area contributed by atoms with Crippen LogP contribution < -0.4 is 10.1 Å². The number of non-ortho nitro benzene ring substituents is 1. The molecule has 3 aromatic carbocycles. The lowest BCUT2D eigenvalue weighted by atomic mass is 10.2. The Morgan fingerprint density at radius 3 is 2.29 bits per heavy atom. The topological polar surface area (TPSA) is 64.4 Å². The minimum absolute atomic E-state index is 0.0517. The fourth-order valence-corrected chi connectivity index (χ4v) is 4.05. The van der Waals surface area contributed by atoms with E-state index in [1.165, 1.54) is 24.3 Å². The van der Waals surface area contributed by atoms with Crippen LogP contribution in [0.3, 0.4) is 0 Å². The molecule has 28 heavy (non-hydrogen) atoms. The zero-order chi connectivity index (χ0) is 20.1. The monoisotopic (exact) mass is 508 g/mol. The normalized spacial score (nSPS) is 10.5. The second kappa shape index (κ2) is 9.16. The van der Waals surface area contributed by atoms with E-state index in [4.69, 9.17) is 4.74 Å². The molecule has 5 nitrogen and oxygen atoms in total. The zero-order valence-electron chi connectivity index (χ0n) is 14.5. The third kappa shape index (κ3) is 5.30. The van der Waals surface area contributed by atoms with Crippen LogP contribution in [0.2, 0.25) is 0 Å². The van der Waals surface area contributed by atoms with Crippen LogP contribution in [-0.2, 0) is 13.2 Å². The van der Waals surface area contributed by atoms with Crippen molar-refractivity contribution in [1.82, 2.24) is 0 Å². The van der Waals surface area contributed by atoms with E-state index in [2.05, 4.69) is 37.2 Å². The molecule has 0 aliphatic rings. The Labute approximate surface area is 177 Å². The van der Waals surface area contributed by atoms with Gasteiger partial charge in [0.05, 0.1) is 13.9 Å². The van der Waals surface area contributed by atoms with Gasteiger partial charge in [-0.05, 0) is 79.4 Å². The average Bonchev–Trinajstić information content (AvgIpc) is 2.66. The summed E-state index contributed by atoms with van der Waals surface area (Å²) in [4.78, 5) is 10.3. The smallest absolute Gasteiger partial charge is 0.269 e. The van der Waals surface area contributed by atoms with Crippen molar-refractivity contribution in [3.63, 3.8) is 0 Å². The van der Waals surface area contributed by atoms with Crippen molar-refractivity contribution in [2.45, 2.75) is 13.2 Å². The number of anilines is 1. The number of nitrogens with zero attached hydrogens (tertiary/aromatic N) is 1. The van der Waals surface area contributed by atoms with Gasteiger partial charge in [-0.3, -0.25) is 10.1 Å². The number of benzene rings is 3. The maximum atomic E-state index is 13.3. The summed E-state index contributed by atoms with van der Waals surface area (Å²) in [7, 11) is 0. The van der Waals surface area contributed by atoms with Gasteiger partial charge in [0.25, 0.3) is 5.69 Å². The van der Waals surface area contributed by atoms with Gasteiger partial charge >= 0.3 is 0 Å². The molecule has 8 heteroatoms. The summed E-state index contributed by atoms with van der Waals surface area (Å²) in [6, 6.07) is 16.4. The summed E-state index contributed by atoms with van der Waals surface area (Å²) in [5.41, 5.74) is 2.55. The largest absolute Gasteiger partial charge is 0.487 e. The van der Waals surface area contributed by atoms with E-state index < -0.39 is 4.92 Å². The maximum Gasteiger partial charge on any atom is 0.269 e. The molecule has 0 aromatic heterocycles. The number of ether oxygens (including phenoxy) is 1. The van der Waals surface area contributed by atoms with Gasteiger partial charge in [0.1, 0.15) is 18.2 Å². The van der Waals surface area contributed by atoms with Gasteiger partial charge < -0.3 is 10.1 Å². The number of hydrogen-bond acceptors (Lipinski definition) is 4. The van der Waals surface area contributed by atoms with Crippen molar-refractivity contribution in [1.29, 1.82) is 0 Å². The molecule has 0 atom stereocenters. The summed E-state index contributed by atoms with van der Waals surface area (Å²) in [6.07, 6.45) is 0.